The highest BCUT2D eigenvalue weighted by Gasteiger charge is 2.11. The standard InChI is InChI=1S/C20H18ClN3/c1-2-3-7-16-8-9-17-18(14-5-4-6-15(21)12-14)13-19-22-10-11-24(19)20(17)23-16/h4-6,8-13H,2-3,7H2,1H3. The highest BCUT2D eigenvalue weighted by atomic mass is 35.5. The first-order chi connectivity index (χ1) is 11.8. The van der Waals surface area contributed by atoms with Crippen molar-refractivity contribution in [2.75, 3.05) is 0 Å². The summed E-state index contributed by atoms with van der Waals surface area (Å²) >= 11 is 6.19. The fraction of sp³-hybridized carbons (Fsp3) is 0.200. The van der Waals surface area contributed by atoms with E-state index in [4.69, 9.17) is 16.6 Å². The van der Waals surface area contributed by atoms with Crippen molar-refractivity contribution in [3.63, 3.8) is 0 Å². The van der Waals surface area contributed by atoms with E-state index in [9.17, 15) is 0 Å². The van der Waals surface area contributed by atoms with Crippen LogP contribution in [0.15, 0.2) is 54.9 Å². The Balaban J connectivity index is 1.99. The first-order valence-corrected chi connectivity index (χ1v) is 8.65. The average Bonchev–Trinajstić information content (AvgIpc) is 3.08. The molecule has 3 nitrogen and oxygen atoms in total. The van der Waals surface area contributed by atoms with Gasteiger partial charge in [-0.15, -0.1) is 0 Å². The Morgan fingerprint density at radius 2 is 2.04 bits per heavy atom. The predicted octanol–water partition coefficient (Wildman–Crippen LogP) is 5.55. The third kappa shape index (κ3) is 2.65. The molecule has 0 aliphatic rings. The SMILES string of the molecule is CCCCc1ccc2c(-c3cccc(Cl)c3)cc3nccn3c2n1. The second-order valence-corrected chi connectivity index (χ2v) is 6.44. The largest absolute Gasteiger partial charge is 0.284 e. The Kier molecular flexibility index (Phi) is 3.95. The fourth-order valence-electron chi connectivity index (χ4n) is 3.08. The van der Waals surface area contributed by atoms with Crippen LogP contribution in [-0.4, -0.2) is 14.4 Å². The maximum absolute atomic E-state index is 6.19. The maximum atomic E-state index is 6.19. The van der Waals surface area contributed by atoms with Crippen LogP contribution in [0.4, 0.5) is 0 Å². The molecule has 0 amide bonds. The minimum absolute atomic E-state index is 0.733. The molecule has 4 aromatic rings. The molecule has 0 spiro atoms. The normalized spacial score (nSPS) is 11.4. The topological polar surface area (TPSA) is 30.2 Å². The lowest BCUT2D eigenvalue weighted by Crippen LogP contribution is -1.97. The third-order valence-electron chi connectivity index (χ3n) is 4.32. The predicted molar refractivity (Wildman–Crippen MR) is 99.6 cm³/mol. The molecule has 4 rings (SSSR count). The summed E-state index contributed by atoms with van der Waals surface area (Å²) in [6.45, 7) is 2.20. The van der Waals surface area contributed by atoms with Gasteiger partial charge in [-0.2, -0.15) is 0 Å². The van der Waals surface area contributed by atoms with Crippen LogP contribution in [0.1, 0.15) is 25.5 Å². The van der Waals surface area contributed by atoms with Crippen LogP contribution in [0.5, 0.6) is 0 Å². The highest BCUT2D eigenvalue weighted by molar-refractivity contribution is 6.30. The van der Waals surface area contributed by atoms with E-state index >= 15 is 0 Å². The van der Waals surface area contributed by atoms with Crippen molar-refractivity contribution in [3.05, 3.63) is 65.6 Å². The number of halogens is 1. The zero-order chi connectivity index (χ0) is 16.5. The van der Waals surface area contributed by atoms with Crippen molar-refractivity contribution in [1.29, 1.82) is 0 Å². The van der Waals surface area contributed by atoms with Gasteiger partial charge in [-0.05, 0) is 54.3 Å². The number of hydrogen-bond donors (Lipinski definition) is 0. The Bertz CT molecular complexity index is 1020. The summed E-state index contributed by atoms with van der Waals surface area (Å²) in [5.41, 5.74) is 5.18. The van der Waals surface area contributed by atoms with Gasteiger partial charge in [0.25, 0.3) is 0 Å². The molecule has 3 heterocycles. The lowest BCUT2D eigenvalue weighted by atomic mass is 10.0. The van der Waals surface area contributed by atoms with Crippen molar-refractivity contribution in [3.8, 4) is 11.1 Å². The van der Waals surface area contributed by atoms with Crippen LogP contribution < -0.4 is 0 Å². The molecule has 1 aromatic carbocycles. The minimum atomic E-state index is 0.733. The number of imidazole rings is 1. The smallest absolute Gasteiger partial charge is 0.146 e. The van der Waals surface area contributed by atoms with E-state index in [0.29, 0.717) is 0 Å². The molecule has 0 radical (unpaired) electrons. The van der Waals surface area contributed by atoms with E-state index < -0.39 is 0 Å². The molecule has 0 saturated heterocycles. The zero-order valence-corrected chi connectivity index (χ0v) is 14.3. The van der Waals surface area contributed by atoms with Gasteiger partial charge in [0.1, 0.15) is 11.3 Å². The Labute approximate surface area is 145 Å². The van der Waals surface area contributed by atoms with E-state index in [-0.39, 0.29) is 0 Å². The molecule has 0 N–H and O–H groups in total. The number of benzene rings is 1. The van der Waals surface area contributed by atoms with Gasteiger partial charge < -0.3 is 0 Å². The first kappa shape index (κ1) is 15.2. The van der Waals surface area contributed by atoms with Gasteiger partial charge in [0.15, 0.2) is 0 Å². The summed E-state index contributed by atoms with van der Waals surface area (Å²) in [5, 5.41) is 1.85. The molecule has 3 aromatic heterocycles. The summed E-state index contributed by atoms with van der Waals surface area (Å²) in [7, 11) is 0. The molecule has 0 fully saturated rings. The van der Waals surface area contributed by atoms with E-state index in [2.05, 4.69) is 40.6 Å². The number of unbranched alkanes of at least 4 members (excludes halogenated alkanes) is 1. The van der Waals surface area contributed by atoms with Crippen LogP contribution in [0, 0.1) is 0 Å². The summed E-state index contributed by atoms with van der Waals surface area (Å²) < 4.78 is 2.05. The molecule has 0 atom stereocenters. The average molecular weight is 336 g/mol. The van der Waals surface area contributed by atoms with E-state index in [1.807, 2.05) is 30.6 Å². The number of pyridine rings is 2. The van der Waals surface area contributed by atoms with Crippen LogP contribution in [0.3, 0.4) is 0 Å². The number of fused-ring (bicyclic) bond motifs is 3. The molecule has 120 valence electrons. The molecular weight excluding hydrogens is 318 g/mol. The number of nitrogens with zero attached hydrogens (tertiary/aromatic N) is 3. The van der Waals surface area contributed by atoms with E-state index in [0.717, 1.165) is 51.4 Å². The van der Waals surface area contributed by atoms with Crippen molar-refractivity contribution in [2.24, 2.45) is 0 Å². The molecule has 24 heavy (non-hydrogen) atoms. The van der Waals surface area contributed by atoms with Crippen molar-refractivity contribution < 1.29 is 0 Å². The lowest BCUT2D eigenvalue weighted by Gasteiger charge is -2.11. The second-order valence-electron chi connectivity index (χ2n) is 6.00. The summed E-state index contributed by atoms with van der Waals surface area (Å²) in [4.78, 5) is 9.37. The Hall–Kier alpha value is -2.39. The van der Waals surface area contributed by atoms with Crippen LogP contribution >= 0.6 is 11.6 Å². The summed E-state index contributed by atoms with van der Waals surface area (Å²) in [5.74, 6) is 0. The molecule has 0 aliphatic heterocycles. The number of hydrogen-bond acceptors (Lipinski definition) is 2. The number of aromatic nitrogens is 3. The van der Waals surface area contributed by atoms with E-state index in [1.54, 1.807) is 0 Å². The maximum Gasteiger partial charge on any atom is 0.146 e. The minimum Gasteiger partial charge on any atom is -0.284 e. The quantitative estimate of drug-likeness (QED) is 0.489. The van der Waals surface area contributed by atoms with Gasteiger partial charge in [-0.25, -0.2) is 9.97 Å². The molecule has 4 heteroatoms. The van der Waals surface area contributed by atoms with Crippen molar-refractivity contribution in [2.45, 2.75) is 26.2 Å². The van der Waals surface area contributed by atoms with Gasteiger partial charge >= 0.3 is 0 Å². The highest BCUT2D eigenvalue weighted by Crippen LogP contribution is 2.31. The Morgan fingerprint density at radius 1 is 1.12 bits per heavy atom. The van der Waals surface area contributed by atoms with Gasteiger partial charge in [-0.1, -0.05) is 37.1 Å². The second kappa shape index (κ2) is 6.25. The van der Waals surface area contributed by atoms with Gasteiger partial charge in [0.05, 0.1) is 0 Å². The molecule has 0 aliphatic carbocycles. The van der Waals surface area contributed by atoms with Crippen molar-refractivity contribution in [1.82, 2.24) is 14.4 Å². The van der Waals surface area contributed by atoms with Gasteiger partial charge in [-0.3, -0.25) is 4.40 Å². The molecule has 0 saturated carbocycles. The van der Waals surface area contributed by atoms with Crippen LogP contribution in [0.25, 0.3) is 27.8 Å². The summed E-state index contributed by atoms with van der Waals surface area (Å²) in [6.07, 6.45) is 7.11. The monoisotopic (exact) mass is 335 g/mol. The zero-order valence-electron chi connectivity index (χ0n) is 13.5. The van der Waals surface area contributed by atoms with Crippen LogP contribution in [0.2, 0.25) is 5.02 Å². The number of rotatable bonds is 4. The van der Waals surface area contributed by atoms with Crippen molar-refractivity contribution >= 4 is 28.3 Å². The molecule has 0 bridgehead atoms. The Morgan fingerprint density at radius 3 is 2.88 bits per heavy atom. The van der Waals surface area contributed by atoms with Crippen LogP contribution in [-0.2, 0) is 6.42 Å². The van der Waals surface area contributed by atoms with Gasteiger partial charge in [0.2, 0.25) is 0 Å². The first-order valence-electron chi connectivity index (χ1n) is 8.28. The lowest BCUT2D eigenvalue weighted by molar-refractivity contribution is 0.778. The number of aryl methyl sites for hydroxylation is 1. The van der Waals surface area contributed by atoms with Gasteiger partial charge in [0, 0.05) is 28.5 Å². The third-order valence-corrected chi connectivity index (χ3v) is 4.55. The summed E-state index contributed by atoms with van der Waals surface area (Å²) in [6, 6.07) is 14.3. The van der Waals surface area contributed by atoms with E-state index in [1.165, 1.54) is 6.42 Å². The fourth-order valence-corrected chi connectivity index (χ4v) is 3.27. The molecular formula is C20H18ClN3. The molecule has 0 unspecified atom stereocenters.